The summed E-state index contributed by atoms with van der Waals surface area (Å²) in [4.78, 5) is 33.8. The van der Waals surface area contributed by atoms with Crippen molar-refractivity contribution in [1.29, 1.82) is 0 Å². The van der Waals surface area contributed by atoms with E-state index in [1.807, 2.05) is 55.4 Å². The van der Waals surface area contributed by atoms with Gasteiger partial charge in [-0.25, -0.2) is 9.97 Å². The minimum absolute atomic E-state index is 0.126. The van der Waals surface area contributed by atoms with E-state index in [-0.39, 0.29) is 17.5 Å². The fourth-order valence-corrected chi connectivity index (χ4v) is 2.54. The van der Waals surface area contributed by atoms with Gasteiger partial charge < -0.3 is 20.9 Å². The zero-order valence-electron chi connectivity index (χ0n) is 16.4. The van der Waals surface area contributed by atoms with Gasteiger partial charge in [0, 0.05) is 43.8 Å². The highest BCUT2D eigenvalue weighted by Gasteiger charge is 2.09. The standard InChI is InChI=1S/C21H22N6O2/c1-14(28)24-15-4-6-16(7-5-15)25-20-13-22-19(12-23-20)21(29)26-17-8-10-18(11-9-17)27(2)3/h4-13H,1-3H3,(H,23,25)(H,24,28)(H,26,29). The van der Waals surface area contributed by atoms with Crippen LogP contribution in [0.1, 0.15) is 17.4 Å². The average Bonchev–Trinajstić information content (AvgIpc) is 2.70. The molecule has 0 aliphatic rings. The van der Waals surface area contributed by atoms with E-state index in [4.69, 9.17) is 0 Å². The second-order valence-corrected chi connectivity index (χ2v) is 6.57. The number of amides is 2. The molecule has 8 heteroatoms. The monoisotopic (exact) mass is 390 g/mol. The van der Waals surface area contributed by atoms with Crippen LogP contribution in [0.25, 0.3) is 0 Å². The molecule has 0 spiro atoms. The Morgan fingerprint density at radius 1 is 0.793 bits per heavy atom. The van der Waals surface area contributed by atoms with Crippen LogP contribution in [0.15, 0.2) is 60.9 Å². The molecule has 2 aromatic carbocycles. The second kappa shape index (κ2) is 8.83. The quantitative estimate of drug-likeness (QED) is 0.596. The van der Waals surface area contributed by atoms with E-state index in [9.17, 15) is 9.59 Å². The molecule has 3 rings (SSSR count). The maximum Gasteiger partial charge on any atom is 0.275 e. The van der Waals surface area contributed by atoms with Crippen LogP contribution in [0.3, 0.4) is 0 Å². The summed E-state index contributed by atoms with van der Waals surface area (Å²) in [7, 11) is 3.91. The number of hydrogen-bond acceptors (Lipinski definition) is 6. The fraction of sp³-hybridized carbons (Fsp3) is 0.143. The molecule has 29 heavy (non-hydrogen) atoms. The number of anilines is 5. The largest absolute Gasteiger partial charge is 0.378 e. The predicted molar refractivity (Wildman–Crippen MR) is 115 cm³/mol. The average molecular weight is 390 g/mol. The molecule has 0 bridgehead atoms. The van der Waals surface area contributed by atoms with Crippen LogP contribution in [0, 0.1) is 0 Å². The zero-order valence-corrected chi connectivity index (χ0v) is 16.4. The van der Waals surface area contributed by atoms with Crippen molar-refractivity contribution in [2.75, 3.05) is 34.9 Å². The summed E-state index contributed by atoms with van der Waals surface area (Å²) in [5, 5.41) is 8.60. The normalized spacial score (nSPS) is 10.2. The molecule has 0 atom stereocenters. The van der Waals surface area contributed by atoms with E-state index >= 15 is 0 Å². The molecule has 3 N–H and O–H groups in total. The number of hydrogen-bond donors (Lipinski definition) is 3. The molecule has 0 saturated carbocycles. The number of benzene rings is 2. The molecule has 0 aliphatic heterocycles. The Bertz CT molecular complexity index is 983. The van der Waals surface area contributed by atoms with Crippen molar-refractivity contribution in [3.05, 3.63) is 66.6 Å². The maximum absolute atomic E-state index is 12.3. The molecular weight excluding hydrogens is 368 g/mol. The van der Waals surface area contributed by atoms with Gasteiger partial charge in [0.1, 0.15) is 11.5 Å². The highest BCUT2D eigenvalue weighted by atomic mass is 16.2. The Balaban J connectivity index is 1.60. The van der Waals surface area contributed by atoms with Crippen LogP contribution < -0.4 is 20.9 Å². The maximum atomic E-state index is 12.3. The first-order chi connectivity index (χ1) is 13.9. The number of carbonyl (C=O) groups excluding carboxylic acids is 2. The molecule has 1 aromatic heterocycles. The lowest BCUT2D eigenvalue weighted by Crippen LogP contribution is -2.14. The zero-order chi connectivity index (χ0) is 20.8. The number of carbonyl (C=O) groups is 2. The summed E-state index contributed by atoms with van der Waals surface area (Å²) in [5.74, 6) is 0.0459. The lowest BCUT2D eigenvalue weighted by atomic mass is 10.2. The van der Waals surface area contributed by atoms with Crippen molar-refractivity contribution in [3.8, 4) is 0 Å². The Kier molecular flexibility index (Phi) is 6.03. The predicted octanol–water partition coefficient (Wildman–Crippen LogP) is 3.50. The van der Waals surface area contributed by atoms with Crippen molar-refractivity contribution >= 4 is 40.4 Å². The van der Waals surface area contributed by atoms with E-state index in [0.717, 1.165) is 11.4 Å². The molecular formula is C21H22N6O2. The van der Waals surface area contributed by atoms with Gasteiger partial charge in [-0.05, 0) is 48.5 Å². The molecule has 2 amide bonds. The summed E-state index contributed by atoms with van der Waals surface area (Å²) >= 11 is 0. The number of aromatic nitrogens is 2. The minimum Gasteiger partial charge on any atom is -0.378 e. The summed E-state index contributed by atoms with van der Waals surface area (Å²) in [6, 6.07) is 14.7. The molecule has 0 unspecified atom stereocenters. The first-order valence-electron chi connectivity index (χ1n) is 8.96. The Hall–Kier alpha value is -3.94. The van der Waals surface area contributed by atoms with Crippen LogP contribution in [0.5, 0.6) is 0 Å². The summed E-state index contributed by atoms with van der Waals surface area (Å²) in [5.41, 5.74) is 3.44. The summed E-state index contributed by atoms with van der Waals surface area (Å²) in [6.07, 6.45) is 2.91. The van der Waals surface area contributed by atoms with Crippen LogP contribution in [0.2, 0.25) is 0 Å². The summed E-state index contributed by atoms with van der Waals surface area (Å²) < 4.78 is 0. The van der Waals surface area contributed by atoms with Crippen molar-refractivity contribution in [3.63, 3.8) is 0 Å². The highest BCUT2D eigenvalue weighted by molar-refractivity contribution is 6.02. The van der Waals surface area contributed by atoms with Crippen molar-refractivity contribution in [1.82, 2.24) is 9.97 Å². The third kappa shape index (κ3) is 5.52. The van der Waals surface area contributed by atoms with E-state index in [1.165, 1.54) is 19.3 Å². The Labute approximate surface area is 169 Å². The summed E-state index contributed by atoms with van der Waals surface area (Å²) in [6.45, 7) is 1.46. The first kappa shape index (κ1) is 19.8. The molecule has 0 radical (unpaired) electrons. The van der Waals surface area contributed by atoms with Crippen LogP contribution >= 0.6 is 0 Å². The van der Waals surface area contributed by atoms with E-state index < -0.39 is 0 Å². The molecule has 0 saturated heterocycles. The number of rotatable bonds is 6. The SMILES string of the molecule is CC(=O)Nc1ccc(Nc2cnc(C(=O)Nc3ccc(N(C)C)cc3)cn2)cc1. The van der Waals surface area contributed by atoms with Gasteiger partial charge in [0.15, 0.2) is 0 Å². The third-order valence-corrected chi connectivity index (χ3v) is 4.00. The van der Waals surface area contributed by atoms with Gasteiger partial charge in [-0.2, -0.15) is 0 Å². The van der Waals surface area contributed by atoms with Gasteiger partial charge in [-0.15, -0.1) is 0 Å². The molecule has 1 heterocycles. The number of nitrogens with zero attached hydrogens (tertiary/aromatic N) is 3. The first-order valence-corrected chi connectivity index (χ1v) is 8.96. The van der Waals surface area contributed by atoms with Crippen molar-refractivity contribution in [2.24, 2.45) is 0 Å². The topological polar surface area (TPSA) is 99.2 Å². The van der Waals surface area contributed by atoms with Gasteiger partial charge >= 0.3 is 0 Å². The lowest BCUT2D eigenvalue weighted by molar-refractivity contribution is -0.114. The van der Waals surface area contributed by atoms with E-state index in [2.05, 4.69) is 25.9 Å². The highest BCUT2D eigenvalue weighted by Crippen LogP contribution is 2.18. The van der Waals surface area contributed by atoms with Gasteiger partial charge in [-0.1, -0.05) is 0 Å². The fourth-order valence-electron chi connectivity index (χ4n) is 2.54. The minimum atomic E-state index is -0.332. The molecule has 3 aromatic rings. The smallest absolute Gasteiger partial charge is 0.275 e. The molecule has 8 nitrogen and oxygen atoms in total. The van der Waals surface area contributed by atoms with E-state index in [1.54, 1.807) is 12.1 Å². The lowest BCUT2D eigenvalue weighted by Gasteiger charge is -2.13. The third-order valence-electron chi connectivity index (χ3n) is 4.00. The van der Waals surface area contributed by atoms with Gasteiger partial charge in [-0.3, -0.25) is 9.59 Å². The van der Waals surface area contributed by atoms with Crippen LogP contribution in [-0.2, 0) is 4.79 Å². The number of nitrogens with one attached hydrogen (secondary N) is 3. The van der Waals surface area contributed by atoms with Gasteiger partial charge in [0.2, 0.25) is 5.91 Å². The van der Waals surface area contributed by atoms with E-state index in [0.29, 0.717) is 17.2 Å². The van der Waals surface area contributed by atoms with Crippen LogP contribution in [-0.4, -0.2) is 35.9 Å². The molecule has 0 fully saturated rings. The Morgan fingerprint density at radius 3 is 1.93 bits per heavy atom. The van der Waals surface area contributed by atoms with Crippen LogP contribution in [0.4, 0.5) is 28.6 Å². The van der Waals surface area contributed by atoms with Gasteiger partial charge in [0.05, 0.1) is 12.4 Å². The molecule has 148 valence electrons. The van der Waals surface area contributed by atoms with Gasteiger partial charge in [0.25, 0.3) is 5.91 Å². The van der Waals surface area contributed by atoms with Crippen molar-refractivity contribution < 1.29 is 9.59 Å². The molecule has 0 aliphatic carbocycles. The Morgan fingerprint density at radius 2 is 1.38 bits per heavy atom. The van der Waals surface area contributed by atoms with Crippen molar-refractivity contribution in [2.45, 2.75) is 6.92 Å². The second-order valence-electron chi connectivity index (χ2n) is 6.57.